The normalized spacial score (nSPS) is 28.7. The van der Waals surface area contributed by atoms with Crippen molar-refractivity contribution in [3.05, 3.63) is 53.2 Å². The van der Waals surface area contributed by atoms with Gasteiger partial charge in [0, 0.05) is 11.8 Å². The van der Waals surface area contributed by atoms with Crippen LogP contribution >= 0.6 is 0 Å². The molecule has 2 aliphatic carbocycles. The maximum absolute atomic E-state index is 4.78. The number of aryl methyl sites for hydroxylation is 1. The SMILES string of the molecule is Cc1ccc(-c2cc3c(cn2)C2(C)CCC3C2(C)C)cc1. The maximum Gasteiger partial charge on any atom is 0.0705 e. The Morgan fingerprint density at radius 2 is 1.81 bits per heavy atom. The monoisotopic (exact) mass is 277 g/mol. The van der Waals surface area contributed by atoms with E-state index in [0.717, 1.165) is 5.69 Å². The highest BCUT2D eigenvalue weighted by Gasteiger charge is 2.59. The summed E-state index contributed by atoms with van der Waals surface area (Å²) in [6.45, 7) is 9.45. The summed E-state index contributed by atoms with van der Waals surface area (Å²) in [6.07, 6.45) is 4.79. The summed E-state index contributed by atoms with van der Waals surface area (Å²) in [5, 5.41) is 0. The fourth-order valence-electron chi connectivity index (χ4n) is 4.63. The summed E-state index contributed by atoms with van der Waals surface area (Å²) >= 11 is 0. The van der Waals surface area contributed by atoms with Crippen molar-refractivity contribution in [1.29, 1.82) is 0 Å². The Labute approximate surface area is 127 Å². The van der Waals surface area contributed by atoms with Crippen LogP contribution in [0.1, 0.15) is 56.2 Å². The molecule has 1 aromatic heterocycles. The lowest BCUT2D eigenvalue weighted by atomic mass is 9.69. The van der Waals surface area contributed by atoms with Gasteiger partial charge < -0.3 is 0 Å². The van der Waals surface area contributed by atoms with E-state index in [4.69, 9.17) is 4.98 Å². The van der Waals surface area contributed by atoms with E-state index in [0.29, 0.717) is 16.7 Å². The molecule has 2 unspecified atom stereocenters. The van der Waals surface area contributed by atoms with Gasteiger partial charge in [-0.05, 0) is 53.7 Å². The first-order valence-corrected chi connectivity index (χ1v) is 8.01. The number of rotatable bonds is 1. The molecule has 1 aromatic carbocycles. The Bertz CT molecular complexity index is 711. The third-order valence-electron chi connectivity index (χ3n) is 6.48. The quantitative estimate of drug-likeness (QED) is 0.695. The van der Waals surface area contributed by atoms with Crippen LogP contribution in [0.15, 0.2) is 36.5 Å². The van der Waals surface area contributed by atoms with Crippen LogP contribution in [0.5, 0.6) is 0 Å². The minimum atomic E-state index is 0.311. The van der Waals surface area contributed by atoms with Crippen molar-refractivity contribution < 1.29 is 0 Å². The summed E-state index contributed by atoms with van der Waals surface area (Å²) in [5.41, 5.74) is 7.38. The van der Waals surface area contributed by atoms with Gasteiger partial charge in [-0.25, -0.2) is 0 Å². The fraction of sp³-hybridized carbons (Fsp3) is 0.450. The van der Waals surface area contributed by atoms with Crippen LogP contribution in [-0.4, -0.2) is 4.98 Å². The highest BCUT2D eigenvalue weighted by molar-refractivity contribution is 5.63. The number of fused-ring (bicyclic) bond motifs is 5. The van der Waals surface area contributed by atoms with Crippen LogP contribution < -0.4 is 0 Å². The average Bonchev–Trinajstić information content (AvgIpc) is 2.79. The third kappa shape index (κ3) is 1.55. The minimum absolute atomic E-state index is 0.311. The van der Waals surface area contributed by atoms with E-state index in [1.165, 1.54) is 29.5 Å². The van der Waals surface area contributed by atoms with E-state index in [1.54, 1.807) is 5.56 Å². The average molecular weight is 277 g/mol. The van der Waals surface area contributed by atoms with Gasteiger partial charge in [0.2, 0.25) is 0 Å². The largest absolute Gasteiger partial charge is 0.256 e. The number of nitrogens with zero attached hydrogens (tertiary/aromatic N) is 1. The molecule has 1 heteroatoms. The summed E-state index contributed by atoms with van der Waals surface area (Å²) < 4.78 is 0. The van der Waals surface area contributed by atoms with E-state index >= 15 is 0 Å². The highest BCUT2D eigenvalue weighted by atomic mass is 14.7. The zero-order valence-electron chi connectivity index (χ0n) is 13.4. The molecule has 0 amide bonds. The third-order valence-corrected chi connectivity index (χ3v) is 6.48. The molecule has 0 radical (unpaired) electrons. The second-order valence-corrected chi connectivity index (χ2v) is 7.67. The number of hydrogen-bond acceptors (Lipinski definition) is 1. The molecule has 21 heavy (non-hydrogen) atoms. The predicted octanol–water partition coefficient (Wildman–Crippen LogP) is 5.23. The second kappa shape index (κ2) is 3.97. The molecule has 0 N–H and O–H groups in total. The van der Waals surface area contributed by atoms with Crippen LogP contribution in [0.2, 0.25) is 0 Å². The Morgan fingerprint density at radius 1 is 1.10 bits per heavy atom. The molecule has 2 atom stereocenters. The lowest BCUT2D eigenvalue weighted by Crippen LogP contribution is -2.31. The van der Waals surface area contributed by atoms with Crippen molar-refractivity contribution in [2.75, 3.05) is 0 Å². The Kier molecular flexibility index (Phi) is 2.47. The molecule has 0 spiro atoms. The Balaban J connectivity index is 1.85. The molecule has 1 saturated carbocycles. The molecule has 1 nitrogen and oxygen atoms in total. The van der Waals surface area contributed by atoms with Gasteiger partial charge in [0.15, 0.2) is 0 Å². The summed E-state index contributed by atoms with van der Waals surface area (Å²) in [4.78, 5) is 4.78. The standard InChI is InChI=1S/C20H23N/c1-13-5-7-14(8-6-13)18-11-15-16-9-10-20(4,19(16,2)3)17(15)12-21-18/h5-8,11-12,16H,9-10H2,1-4H3. The van der Waals surface area contributed by atoms with Crippen LogP contribution in [0.3, 0.4) is 0 Å². The zero-order chi connectivity index (χ0) is 14.8. The van der Waals surface area contributed by atoms with Gasteiger partial charge in [0.05, 0.1) is 5.69 Å². The van der Waals surface area contributed by atoms with Gasteiger partial charge in [-0.1, -0.05) is 50.6 Å². The molecule has 2 bridgehead atoms. The molecule has 1 fully saturated rings. The van der Waals surface area contributed by atoms with Gasteiger partial charge in [0.1, 0.15) is 0 Å². The van der Waals surface area contributed by atoms with Gasteiger partial charge in [-0.15, -0.1) is 0 Å². The van der Waals surface area contributed by atoms with Gasteiger partial charge in [0.25, 0.3) is 0 Å². The van der Waals surface area contributed by atoms with Gasteiger partial charge in [-0.2, -0.15) is 0 Å². The fourth-order valence-corrected chi connectivity index (χ4v) is 4.63. The predicted molar refractivity (Wildman–Crippen MR) is 87.5 cm³/mol. The molecule has 0 saturated heterocycles. The second-order valence-electron chi connectivity index (χ2n) is 7.67. The van der Waals surface area contributed by atoms with Gasteiger partial charge in [-0.3, -0.25) is 4.98 Å². The first-order valence-electron chi connectivity index (χ1n) is 8.01. The van der Waals surface area contributed by atoms with Crippen LogP contribution in [-0.2, 0) is 5.41 Å². The summed E-state index contributed by atoms with van der Waals surface area (Å²) in [7, 11) is 0. The van der Waals surface area contributed by atoms with Crippen LogP contribution in [0, 0.1) is 12.3 Å². The number of hydrogen-bond donors (Lipinski definition) is 0. The molecule has 2 aliphatic rings. The van der Waals surface area contributed by atoms with E-state index in [-0.39, 0.29) is 0 Å². The van der Waals surface area contributed by atoms with Crippen molar-refractivity contribution in [2.45, 2.75) is 51.9 Å². The first kappa shape index (κ1) is 13.1. The Morgan fingerprint density at radius 3 is 2.52 bits per heavy atom. The first-order chi connectivity index (χ1) is 9.93. The molecule has 2 aromatic rings. The summed E-state index contributed by atoms with van der Waals surface area (Å²) in [6, 6.07) is 11.1. The molecule has 0 aliphatic heterocycles. The molecular weight excluding hydrogens is 254 g/mol. The van der Waals surface area contributed by atoms with Crippen molar-refractivity contribution >= 4 is 0 Å². The van der Waals surface area contributed by atoms with E-state index < -0.39 is 0 Å². The smallest absolute Gasteiger partial charge is 0.0705 e. The number of pyridine rings is 1. The minimum Gasteiger partial charge on any atom is -0.256 e. The topological polar surface area (TPSA) is 12.9 Å². The zero-order valence-corrected chi connectivity index (χ0v) is 13.4. The molecule has 4 rings (SSSR count). The van der Waals surface area contributed by atoms with Crippen molar-refractivity contribution in [1.82, 2.24) is 4.98 Å². The lowest BCUT2D eigenvalue weighted by molar-refractivity contribution is 0.230. The molecular formula is C20H23N. The van der Waals surface area contributed by atoms with E-state index in [9.17, 15) is 0 Å². The van der Waals surface area contributed by atoms with E-state index in [1.807, 2.05) is 0 Å². The number of benzene rings is 1. The summed E-state index contributed by atoms with van der Waals surface area (Å²) in [5.74, 6) is 0.699. The molecule has 1 heterocycles. The maximum atomic E-state index is 4.78. The number of aromatic nitrogens is 1. The van der Waals surface area contributed by atoms with Crippen molar-refractivity contribution in [3.8, 4) is 11.3 Å². The van der Waals surface area contributed by atoms with E-state index in [2.05, 4.69) is 64.2 Å². The van der Waals surface area contributed by atoms with Crippen LogP contribution in [0.25, 0.3) is 11.3 Å². The lowest BCUT2D eigenvalue weighted by Gasteiger charge is -2.35. The van der Waals surface area contributed by atoms with Crippen molar-refractivity contribution in [2.24, 2.45) is 5.41 Å². The Hall–Kier alpha value is -1.63. The van der Waals surface area contributed by atoms with Gasteiger partial charge >= 0.3 is 0 Å². The van der Waals surface area contributed by atoms with Crippen LogP contribution in [0.4, 0.5) is 0 Å². The highest BCUT2D eigenvalue weighted by Crippen LogP contribution is 2.67. The molecule has 108 valence electrons. The van der Waals surface area contributed by atoms with Crippen molar-refractivity contribution in [3.63, 3.8) is 0 Å².